The van der Waals surface area contributed by atoms with Crippen molar-refractivity contribution in [2.45, 2.75) is 45.0 Å². The van der Waals surface area contributed by atoms with Crippen molar-refractivity contribution in [1.82, 2.24) is 5.32 Å². The topological polar surface area (TPSA) is 88.0 Å². The van der Waals surface area contributed by atoms with Crippen molar-refractivity contribution in [1.29, 1.82) is 0 Å². The summed E-state index contributed by atoms with van der Waals surface area (Å²) in [5, 5.41) is 21.4. The molecule has 3 aromatic rings. The van der Waals surface area contributed by atoms with Gasteiger partial charge in [-0.2, -0.15) is 11.8 Å². The smallest absolute Gasteiger partial charge is 0.217 e. The number of rotatable bonds is 10. The number of thioether (sulfide) groups is 1. The zero-order valence-electron chi connectivity index (χ0n) is 20.4. The second-order valence-corrected chi connectivity index (χ2v) is 9.99. The van der Waals surface area contributed by atoms with Gasteiger partial charge in [0.2, 0.25) is 5.91 Å². The van der Waals surface area contributed by atoms with Gasteiger partial charge >= 0.3 is 0 Å². The van der Waals surface area contributed by atoms with Crippen LogP contribution in [0.3, 0.4) is 0 Å². The van der Waals surface area contributed by atoms with Crippen LogP contribution in [0.25, 0.3) is 11.1 Å². The van der Waals surface area contributed by atoms with Gasteiger partial charge in [-0.25, -0.2) is 0 Å². The van der Waals surface area contributed by atoms with E-state index in [0.717, 1.165) is 45.6 Å². The standard InChI is InChI=1S/C29H33NO5S/c1-20(33)30-17-25-4-2-3-5-27(25)22-10-12-24(13-11-22)29-34-26(19-36-15-14-31)16-28(35-29)23-8-6-21(18-32)7-9-23/h2-13,26,28-29,31-32H,14-19H2,1H3,(H,30,33)/t26-,28+,29+/m1/s1. The van der Waals surface area contributed by atoms with E-state index in [1.54, 1.807) is 11.8 Å². The molecular formula is C29H33NO5S. The summed E-state index contributed by atoms with van der Waals surface area (Å²) in [6, 6.07) is 24.1. The molecule has 36 heavy (non-hydrogen) atoms. The average Bonchev–Trinajstić information content (AvgIpc) is 2.92. The molecule has 1 saturated heterocycles. The Bertz CT molecular complexity index is 1120. The summed E-state index contributed by atoms with van der Waals surface area (Å²) in [6.45, 7) is 2.16. The number of carbonyl (C=O) groups is 1. The molecule has 1 heterocycles. The van der Waals surface area contributed by atoms with Crippen LogP contribution in [0.5, 0.6) is 0 Å². The van der Waals surface area contributed by atoms with Crippen LogP contribution < -0.4 is 5.32 Å². The summed E-state index contributed by atoms with van der Waals surface area (Å²) in [6.07, 6.45) is 0.0713. The number of amides is 1. The van der Waals surface area contributed by atoms with Gasteiger partial charge in [0.1, 0.15) is 0 Å². The Morgan fingerprint density at radius 2 is 1.69 bits per heavy atom. The molecule has 190 valence electrons. The van der Waals surface area contributed by atoms with Crippen molar-refractivity contribution in [2.75, 3.05) is 18.1 Å². The van der Waals surface area contributed by atoms with Gasteiger partial charge < -0.3 is 25.0 Å². The zero-order valence-corrected chi connectivity index (χ0v) is 21.2. The second-order valence-electron chi connectivity index (χ2n) is 8.84. The molecule has 6 nitrogen and oxygen atoms in total. The lowest BCUT2D eigenvalue weighted by atomic mass is 9.98. The van der Waals surface area contributed by atoms with Crippen LogP contribution in [0.15, 0.2) is 72.8 Å². The first-order chi connectivity index (χ1) is 17.6. The molecule has 3 N–H and O–H groups in total. The van der Waals surface area contributed by atoms with Gasteiger partial charge in [-0.05, 0) is 27.8 Å². The molecular weight excluding hydrogens is 474 g/mol. The molecule has 7 heteroatoms. The maximum Gasteiger partial charge on any atom is 0.217 e. The molecule has 3 aromatic carbocycles. The van der Waals surface area contributed by atoms with E-state index in [9.17, 15) is 15.0 Å². The Morgan fingerprint density at radius 1 is 0.972 bits per heavy atom. The monoisotopic (exact) mass is 507 g/mol. The van der Waals surface area contributed by atoms with E-state index >= 15 is 0 Å². The fraction of sp³-hybridized carbons (Fsp3) is 0.345. The van der Waals surface area contributed by atoms with Crippen LogP contribution in [-0.4, -0.2) is 40.3 Å². The van der Waals surface area contributed by atoms with Gasteiger partial charge in [-0.15, -0.1) is 0 Å². The fourth-order valence-corrected chi connectivity index (χ4v) is 5.07. The van der Waals surface area contributed by atoms with E-state index in [1.807, 2.05) is 54.6 Å². The molecule has 0 aliphatic carbocycles. The highest BCUT2D eigenvalue weighted by Crippen LogP contribution is 2.39. The van der Waals surface area contributed by atoms with E-state index < -0.39 is 6.29 Å². The summed E-state index contributed by atoms with van der Waals surface area (Å²) in [5.74, 6) is 1.40. The number of nitrogens with one attached hydrogen (secondary N) is 1. The van der Waals surface area contributed by atoms with Crippen LogP contribution in [0, 0.1) is 0 Å². The fourth-order valence-electron chi connectivity index (χ4n) is 4.30. The predicted molar refractivity (Wildman–Crippen MR) is 142 cm³/mol. The van der Waals surface area contributed by atoms with Crippen molar-refractivity contribution >= 4 is 17.7 Å². The lowest BCUT2D eigenvalue weighted by Gasteiger charge is -2.36. The predicted octanol–water partition coefficient (Wildman–Crippen LogP) is 4.75. The summed E-state index contributed by atoms with van der Waals surface area (Å²) >= 11 is 1.67. The van der Waals surface area contributed by atoms with Crippen LogP contribution in [0.4, 0.5) is 0 Å². The second kappa shape index (κ2) is 13.0. The van der Waals surface area contributed by atoms with E-state index in [-0.39, 0.29) is 31.3 Å². The minimum absolute atomic E-state index is 0.0122. The zero-order chi connectivity index (χ0) is 25.3. The first-order valence-corrected chi connectivity index (χ1v) is 13.3. The van der Waals surface area contributed by atoms with E-state index in [4.69, 9.17) is 9.47 Å². The number of aliphatic hydroxyl groups excluding tert-OH is 2. The van der Waals surface area contributed by atoms with Crippen LogP contribution in [-0.2, 0) is 27.4 Å². The molecule has 0 unspecified atom stereocenters. The Morgan fingerprint density at radius 3 is 2.39 bits per heavy atom. The molecule has 0 radical (unpaired) electrons. The highest BCUT2D eigenvalue weighted by Gasteiger charge is 2.32. The van der Waals surface area contributed by atoms with Crippen LogP contribution in [0.2, 0.25) is 0 Å². The number of ether oxygens (including phenoxy) is 2. The van der Waals surface area contributed by atoms with E-state index in [0.29, 0.717) is 12.3 Å². The van der Waals surface area contributed by atoms with Crippen molar-refractivity contribution in [2.24, 2.45) is 0 Å². The van der Waals surface area contributed by atoms with E-state index in [2.05, 4.69) is 23.5 Å². The Kier molecular flexibility index (Phi) is 9.55. The van der Waals surface area contributed by atoms with Gasteiger partial charge in [-0.3, -0.25) is 4.79 Å². The maximum absolute atomic E-state index is 11.4. The molecule has 0 spiro atoms. The highest BCUT2D eigenvalue weighted by molar-refractivity contribution is 7.99. The molecule has 1 aliphatic heterocycles. The third kappa shape index (κ3) is 6.96. The summed E-state index contributed by atoms with van der Waals surface area (Å²) in [5.41, 5.74) is 6.04. The van der Waals surface area contributed by atoms with Gasteiger partial charge in [-0.1, -0.05) is 72.8 Å². The van der Waals surface area contributed by atoms with Crippen molar-refractivity contribution < 1.29 is 24.5 Å². The summed E-state index contributed by atoms with van der Waals surface area (Å²) in [7, 11) is 0. The first-order valence-electron chi connectivity index (χ1n) is 12.2. The molecule has 1 fully saturated rings. The van der Waals surface area contributed by atoms with E-state index in [1.165, 1.54) is 6.92 Å². The van der Waals surface area contributed by atoms with Crippen molar-refractivity contribution in [3.63, 3.8) is 0 Å². The number of hydrogen-bond donors (Lipinski definition) is 3. The number of carbonyl (C=O) groups excluding carboxylic acids is 1. The number of aliphatic hydroxyl groups is 2. The first kappa shape index (κ1) is 26.4. The van der Waals surface area contributed by atoms with Gasteiger partial charge in [0.25, 0.3) is 0 Å². The van der Waals surface area contributed by atoms with Crippen molar-refractivity contribution in [3.05, 3.63) is 95.1 Å². The molecule has 0 saturated carbocycles. The highest BCUT2D eigenvalue weighted by atomic mass is 32.2. The Hall–Kier alpha value is -2.68. The minimum atomic E-state index is -0.510. The third-order valence-electron chi connectivity index (χ3n) is 6.19. The van der Waals surface area contributed by atoms with Gasteiger partial charge in [0.05, 0.1) is 25.4 Å². The molecule has 0 bridgehead atoms. The maximum atomic E-state index is 11.4. The number of hydrogen-bond acceptors (Lipinski definition) is 6. The molecule has 0 aromatic heterocycles. The third-order valence-corrected chi connectivity index (χ3v) is 7.27. The molecule has 1 amide bonds. The SMILES string of the molecule is CC(=O)NCc1ccccc1-c1ccc([C@H]2O[C@@H](CSCCO)C[C@@H](c3ccc(CO)cc3)O2)cc1. The quantitative estimate of drug-likeness (QED) is 0.343. The lowest BCUT2D eigenvalue weighted by molar-refractivity contribution is -0.245. The van der Waals surface area contributed by atoms with Gasteiger partial charge in [0, 0.05) is 37.0 Å². The normalized spacial score (nSPS) is 19.7. The van der Waals surface area contributed by atoms with Crippen LogP contribution >= 0.6 is 11.8 Å². The average molecular weight is 508 g/mol. The van der Waals surface area contributed by atoms with Crippen LogP contribution in [0.1, 0.15) is 48.0 Å². The summed E-state index contributed by atoms with van der Waals surface area (Å²) < 4.78 is 12.7. The Balaban J connectivity index is 1.53. The molecule has 4 rings (SSSR count). The molecule has 3 atom stereocenters. The Labute approximate surface area is 216 Å². The largest absolute Gasteiger partial charge is 0.396 e. The lowest BCUT2D eigenvalue weighted by Crippen LogP contribution is -2.31. The summed E-state index contributed by atoms with van der Waals surface area (Å²) in [4.78, 5) is 11.4. The number of benzene rings is 3. The minimum Gasteiger partial charge on any atom is -0.396 e. The van der Waals surface area contributed by atoms with Crippen molar-refractivity contribution in [3.8, 4) is 11.1 Å². The molecule has 1 aliphatic rings. The van der Waals surface area contributed by atoms with Gasteiger partial charge in [0.15, 0.2) is 6.29 Å².